The Hall–Kier alpha value is -0.620. The van der Waals surface area contributed by atoms with Gasteiger partial charge in [0.1, 0.15) is 5.75 Å². The Balaban J connectivity index is 4.13. The molecule has 15 heavy (non-hydrogen) atoms. The van der Waals surface area contributed by atoms with Crippen LogP contribution in [0, 0.1) is 5.92 Å². The number of rotatable bonds is 6. The second kappa shape index (κ2) is 6.07. The smallest absolute Gasteiger partial charge is 0.235 e. The third kappa shape index (κ3) is 8.38. The van der Waals surface area contributed by atoms with Gasteiger partial charge in [-0.25, -0.2) is 8.42 Å². The average molecular weight is 236 g/mol. The highest BCUT2D eigenvalue weighted by Crippen LogP contribution is 2.03. The minimum Gasteiger partial charge on any atom is -0.351 e. The quantitative estimate of drug-likeness (QED) is 0.652. The second-order valence-electron chi connectivity index (χ2n) is 4.20. The van der Waals surface area contributed by atoms with Gasteiger partial charge >= 0.3 is 0 Å². The molecule has 0 bridgehead atoms. The van der Waals surface area contributed by atoms with Gasteiger partial charge in [-0.2, -0.15) is 0 Å². The molecule has 0 spiro atoms. The fourth-order valence-corrected chi connectivity index (χ4v) is 1.85. The summed E-state index contributed by atoms with van der Waals surface area (Å²) in [5.74, 6) is -0.535. The molecule has 0 aliphatic heterocycles. The van der Waals surface area contributed by atoms with Crippen molar-refractivity contribution < 1.29 is 13.2 Å². The van der Waals surface area contributed by atoms with E-state index in [0.29, 0.717) is 12.5 Å². The fourth-order valence-electron chi connectivity index (χ4n) is 1.29. The van der Waals surface area contributed by atoms with Crippen LogP contribution in [0.3, 0.4) is 0 Å². The van der Waals surface area contributed by atoms with Gasteiger partial charge in [-0.05, 0) is 12.3 Å². The Morgan fingerprint density at radius 3 is 2.27 bits per heavy atom. The normalized spacial score (nSPS) is 13.9. The summed E-state index contributed by atoms with van der Waals surface area (Å²) in [6.45, 7) is 4.37. The van der Waals surface area contributed by atoms with Crippen LogP contribution >= 0.6 is 0 Å². The van der Waals surface area contributed by atoms with E-state index in [4.69, 9.17) is 5.73 Å². The number of hydrogen-bond acceptors (Lipinski definition) is 4. The molecule has 1 amide bonds. The molecule has 0 saturated carbocycles. The highest BCUT2D eigenvalue weighted by molar-refractivity contribution is 7.91. The Morgan fingerprint density at radius 2 is 1.93 bits per heavy atom. The molecule has 6 heteroatoms. The van der Waals surface area contributed by atoms with E-state index in [1.807, 2.05) is 13.8 Å². The number of carbonyl (C=O) groups is 1. The van der Waals surface area contributed by atoms with Crippen molar-refractivity contribution in [2.45, 2.75) is 26.3 Å². The molecule has 90 valence electrons. The van der Waals surface area contributed by atoms with Crippen LogP contribution in [0.5, 0.6) is 0 Å². The maximum absolute atomic E-state index is 11.3. The topological polar surface area (TPSA) is 89.3 Å². The van der Waals surface area contributed by atoms with Crippen molar-refractivity contribution in [3.63, 3.8) is 0 Å². The molecule has 1 atom stereocenters. The maximum atomic E-state index is 11.3. The molecule has 0 aromatic heterocycles. The van der Waals surface area contributed by atoms with Crippen LogP contribution in [-0.4, -0.2) is 38.9 Å². The lowest BCUT2D eigenvalue weighted by Gasteiger charge is -2.18. The number of sulfone groups is 1. The average Bonchev–Trinajstić information content (AvgIpc) is 1.98. The van der Waals surface area contributed by atoms with E-state index in [0.717, 1.165) is 12.7 Å². The molecule has 0 saturated heterocycles. The largest absolute Gasteiger partial charge is 0.351 e. The first-order chi connectivity index (χ1) is 6.74. The van der Waals surface area contributed by atoms with E-state index in [-0.39, 0.29) is 6.04 Å². The van der Waals surface area contributed by atoms with Crippen LogP contribution in [0.25, 0.3) is 0 Å². The third-order valence-electron chi connectivity index (χ3n) is 1.80. The summed E-state index contributed by atoms with van der Waals surface area (Å²) in [5.41, 5.74) is 5.47. The van der Waals surface area contributed by atoms with Gasteiger partial charge in [-0.3, -0.25) is 4.79 Å². The zero-order chi connectivity index (χ0) is 12.1. The van der Waals surface area contributed by atoms with E-state index in [1.165, 1.54) is 0 Å². The molecule has 3 N–H and O–H groups in total. The summed E-state index contributed by atoms with van der Waals surface area (Å²) >= 11 is 0. The number of hydrogen-bond donors (Lipinski definition) is 2. The summed E-state index contributed by atoms with van der Waals surface area (Å²) in [5, 5.41) is 2.61. The summed E-state index contributed by atoms with van der Waals surface area (Å²) in [6.07, 6.45) is 1.79. The van der Waals surface area contributed by atoms with Crippen LogP contribution in [0.4, 0.5) is 0 Å². The zero-order valence-electron chi connectivity index (χ0n) is 9.49. The Kier molecular flexibility index (Phi) is 5.82. The molecule has 0 rings (SSSR count). The maximum Gasteiger partial charge on any atom is 0.235 e. The van der Waals surface area contributed by atoms with E-state index in [1.54, 1.807) is 0 Å². The van der Waals surface area contributed by atoms with E-state index >= 15 is 0 Å². The molecule has 0 aromatic carbocycles. The molecule has 0 aromatic rings. The van der Waals surface area contributed by atoms with Crippen molar-refractivity contribution in [2.24, 2.45) is 11.7 Å². The third-order valence-corrected chi connectivity index (χ3v) is 2.59. The van der Waals surface area contributed by atoms with Gasteiger partial charge in [0.05, 0.1) is 0 Å². The van der Waals surface area contributed by atoms with Crippen LogP contribution in [0.2, 0.25) is 0 Å². The molecular formula is C9H20N2O3S. The molecule has 0 heterocycles. The van der Waals surface area contributed by atoms with Gasteiger partial charge < -0.3 is 11.1 Å². The zero-order valence-corrected chi connectivity index (χ0v) is 10.3. The van der Waals surface area contributed by atoms with Crippen molar-refractivity contribution >= 4 is 15.7 Å². The van der Waals surface area contributed by atoms with Gasteiger partial charge in [-0.1, -0.05) is 13.8 Å². The Morgan fingerprint density at radius 1 is 1.40 bits per heavy atom. The molecule has 0 aliphatic carbocycles. The van der Waals surface area contributed by atoms with Gasteiger partial charge in [0.25, 0.3) is 0 Å². The van der Waals surface area contributed by atoms with Crippen molar-refractivity contribution in [3.8, 4) is 0 Å². The first-order valence-electron chi connectivity index (χ1n) is 4.91. The minimum absolute atomic E-state index is 0.140. The van der Waals surface area contributed by atoms with Crippen molar-refractivity contribution in [2.75, 3.05) is 18.6 Å². The van der Waals surface area contributed by atoms with Crippen LogP contribution < -0.4 is 11.1 Å². The Labute approximate surface area is 91.3 Å². The highest BCUT2D eigenvalue weighted by Gasteiger charge is 2.15. The monoisotopic (exact) mass is 236 g/mol. The predicted molar refractivity (Wildman–Crippen MR) is 60.2 cm³/mol. The van der Waals surface area contributed by atoms with Crippen LogP contribution in [-0.2, 0) is 14.6 Å². The van der Waals surface area contributed by atoms with Gasteiger partial charge in [-0.15, -0.1) is 0 Å². The first-order valence-corrected chi connectivity index (χ1v) is 6.97. The summed E-state index contributed by atoms with van der Waals surface area (Å²) in [4.78, 5) is 11.3. The molecule has 1 unspecified atom stereocenters. The summed E-state index contributed by atoms with van der Waals surface area (Å²) in [7, 11) is -3.26. The second-order valence-corrected chi connectivity index (χ2v) is 6.34. The van der Waals surface area contributed by atoms with Crippen molar-refractivity contribution in [1.29, 1.82) is 0 Å². The SMILES string of the molecule is CC(C)CC(CN)NC(=O)CS(C)(=O)=O. The van der Waals surface area contributed by atoms with E-state index in [9.17, 15) is 13.2 Å². The van der Waals surface area contributed by atoms with E-state index in [2.05, 4.69) is 5.32 Å². The first kappa shape index (κ1) is 14.4. The number of carbonyl (C=O) groups excluding carboxylic acids is 1. The van der Waals surface area contributed by atoms with Gasteiger partial charge in [0, 0.05) is 18.8 Å². The van der Waals surface area contributed by atoms with Crippen molar-refractivity contribution in [3.05, 3.63) is 0 Å². The summed E-state index contributed by atoms with van der Waals surface area (Å²) < 4.78 is 21.7. The number of nitrogens with two attached hydrogens (primary N) is 1. The fraction of sp³-hybridized carbons (Fsp3) is 0.889. The minimum atomic E-state index is -3.26. The number of nitrogens with one attached hydrogen (secondary N) is 1. The lowest BCUT2D eigenvalue weighted by molar-refractivity contribution is -0.119. The standard InChI is InChI=1S/C9H20N2O3S/c1-7(2)4-8(5-10)11-9(12)6-15(3,13)14/h7-8H,4-6,10H2,1-3H3,(H,11,12). The Bertz CT molecular complexity index is 298. The van der Waals surface area contributed by atoms with Crippen LogP contribution in [0.1, 0.15) is 20.3 Å². The number of amides is 1. The molecular weight excluding hydrogens is 216 g/mol. The summed E-state index contributed by atoms with van der Waals surface area (Å²) in [6, 6.07) is -0.140. The molecule has 0 radical (unpaired) electrons. The van der Waals surface area contributed by atoms with Gasteiger partial charge in [0.2, 0.25) is 5.91 Å². The van der Waals surface area contributed by atoms with Crippen LogP contribution in [0.15, 0.2) is 0 Å². The molecule has 0 aliphatic rings. The molecule has 5 nitrogen and oxygen atoms in total. The molecule has 0 fully saturated rings. The van der Waals surface area contributed by atoms with Crippen molar-refractivity contribution in [1.82, 2.24) is 5.32 Å². The lowest BCUT2D eigenvalue weighted by Crippen LogP contribution is -2.43. The van der Waals surface area contributed by atoms with E-state index < -0.39 is 21.5 Å². The predicted octanol–water partition coefficient (Wildman–Crippen LogP) is -0.479. The highest BCUT2D eigenvalue weighted by atomic mass is 32.2. The lowest BCUT2D eigenvalue weighted by atomic mass is 10.0. The van der Waals surface area contributed by atoms with Gasteiger partial charge in [0.15, 0.2) is 9.84 Å².